The van der Waals surface area contributed by atoms with E-state index in [1.165, 1.54) is 4.90 Å². The number of hydrogen-bond acceptors (Lipinski definition) is 3. The van der Waals surface area contributed by atoms with Crippen molar-refractivity contribution in [2.75, 3.05) is 36.5 Å². The van der Waals surface area contributed by atoms with Gasteiger partial charge in [-0.15, -0.1) is 0 Å². The number of benzene rings is 2. The van der Waals surface area contributed by atoms with Gasteiger partial charge in [-0.25, -0.2) is 4.79 Å². The molecule has 3 rings (SSSR count). The standard InChI is InChI=1S/C19H20ClN3O3/c1-2-26-17-8-6-15(7-9-17)21-18(24)13-22-10-11-23(19(22)25)16-5-3-4-14(20)12-16/h3-9,12H,2,10-11,13H2,1H3,(H,21,24). The third-order valence-electron chi connectivity index (χ3n) is 4.00. The number of ether oxygens (including phenoxy) is 1. The Morgan fingerprint density at radius 1 is 1.19 bits per heavy atom. The van der Waals surface area contributed by atoms with Gasteiger partial charge in [0, 0.05) is 29.5 Å². The molecule has 0 aromatic heterocycles. The Balaban J connectivity index is 1.57. The van der Waals surface area contributed by atoms with Crippen LogP contribution in [0.5, 0.6) is 5.75 Å². The summed E-state index contributed by atoms with van der Waals surface area (Å²) >= 11 is 5.99. The second-order valence-corrected chi connectivity index (χ2v) is 6.28. The number of hydrogen-bond donors (Lipinski definition) is 1. The first-order chi connectivity index (χ1) is 12.6. The maximum atomic E-state index is 12.5. The molecule has 0 bridgehead atoms. The monoisotopic (exact) mass is 373 g/mol. The molecule has 1 saturated heterocycles. The number of rotatable bonds is 6. The van der Waals surface area contributed by atoms with E-state index in [4.69, 9.17) is 16.3 Å². The number of amides is 3. The van der Waals surface area contributed by atoms with Crippen LogP contribution < -0.4 is 15.0 Å². The zero-order valence-corrected chi connectivity index (χ0v) is 15.2. The molecule has 0 unspecified atom stereocenters. The molecule has 26 heavy (non-hydrogen) atoms. The minimum absolute atomic E-state index is 0.00309. The van der Waals surface area contributed by atoms with Crippen LogP contribution >= 0.6 is 11.6 Å². The lowest BCUT2D eigenvalue weighted by atomic mass is 10.3. The van der Waals surface area contributed by atoms with Gasteiger partial charge in [-0.05, 0) is 49.4 Å². The average molecular weight is 374 g/mol. The summed E-state index contributed by atoms with van der Waals surface area (Å²) in [7, 11) is 0. The Hall–Kier alpha value is -2.73. The highest BCUT2D eigenvalue weighted by Crippen LogP contribution is 2.23. The van der Waals surface area contributed by atoms with Gasteiger partial charge in [0.15, 0.2) is 0 Å². The SMILES string of the molecule is CCOc1ccc(NC(=O)CN2CCN(c3cccc(Cl)c3)C2=O)cc1. The van der Waals surface area contributed by atoms with E-state index in [0.29, 0.717) is 30.4 Å². The number of halogens is 1. The van der Waals surface area contributed by atoms with Crippen LogP contribution in [0.25, 0.3) is 0 Å². The van der Waals surface area contributed by atoms with Crippen molar-refractivity contribution in [1.29, 1.82) is 0 Å². The molecule has 2 aromatic rings. The Morgan fingerprint density at radius 3 is 2.65 bits per heavy atom. The van der Waals surface area contributed by atoms with Crippen molar-refractivity contribution in [2.24, 2.45) is 0 Å². The maximum absolute atomic E-state index is 12.5. The van der Waals surface area contributed by atoms with Gasteiger partial charge in [0.1, 0.15) is 12.3 Å². The third-order valence-corrected chi connectivity index (χ3v) is 4.23. The highest BCUT2D eigenvalue weighted by molar-refractivity contribution is 6.30. The van der Waals surface area contributed by atoms with Gasteiger partial charge in [-0.1, -0.05) is 17.7 Å². The van der Waals surface area contributed by atoms with Crippen LogP contribution in [0.1, 0.15) is 6.92 Å². The Bertz CT molecular complexity index is 795. The fourth-order valence-electron chi connectivity index (χ4n) is 2.79. The van der Waals surface area contributed by atoms with Gasteiger partial charge < -0.3 is 15.0 Å². The van der Waals surface area contributed by atoms with Gasteiger partial charge in [-0.2, -0.15) is 0 Å². The first-order valence-electron chi connectivity index (χ1n) is 8.41. The molecule has 2 aromatic carbocycles. The predicted octanol–water partition coefficient (Wildman–Crippen LogP) is 3.62. The molecule has 0 radical (unpaired) electrons. The third kappa shape index (κ3) is 4.26. The first kappa shape index (κ1) is 18.1. The van der Waals surface area contributed by atoms with E-state index in [9.17, 15) is 9.59 Å². The van der Waals surface area contributed by atoms with Crippen molar-refractivity contribution in [2.45, 2.75) is 6.92 Å². The van der Waals surface area contributed by atoms with Crippen LogP contribution in [0.2, 0.25) is 5.02 Å². The lowest BCUT2D eigenvalue weighted by Gasteiger charge is -2.18. The van der Waals surface area contributed by atoms with Gasteiger partial charge >= 0.3 is 6.03 Å². The van der Waals surface area contributed by atoms with E-state index in [1.54, 1.807) is 47.4 Å². The van der Waals surface area contributed by atoms with Crippen molar-refractivity contribution in [1.82, 2.24) is 4.90 Å². The molecule has 136 valence electrons. The van der Waals surface area contributed by atoms with Crippen molar-refractivity contribution in [3.05, 3.63) is 53.6 Å². The molecule has 3 amide bonds. The Kier molecular flexibility index (Phi) is 5.63. The summed E-state index contributed by atoms with van der Waals surface area (Å²) in [6.07, 6.45) is 0. The summed E-state index contributed by atoms with van der Waals surface area (Å²) in [5.41, 5.74) is 1.40. The summed E-state index contributed by atoms with van der Waals surface area (Å²) in [6.45, 7) is 3.52. The molecule has 0 saturated carbocycles. The van der Waals surface area contributed by atoms with E-state index in [-0.39, 0.29) is 18.5 Å². The first-order valence-corrected chi connectivity index (χ1v) is 8.79. The number of anilines is 2. The van der Waals surface area contributed by atoms with E-state index < -0.39 is 0 Å². The predicted molar refractivity (Wildman–Crippen MR) is 102 cm³/mol. The normalized spacial score (nSPS) is 13.8. The van der Waals surface area contributed by atoms with E-state index in [2.05, 4.69) is 5.32 Å². The van der Waals surface area contributed by atoms with E-state index in [1.807, 2.05) is 13.0 Å². The fourth-order valence-corrected chi connectivity index (χ4v) is 2.97. The summed E-state index contributed by atoms with van der Waals surface area (Å²) in [4.78, 5) is 27.9. The van der Waals surface area contributed by atoms with Gasteiger partial charge in [0.2, 0.25) is 5.91 Å². The van der Waals surface area contributed by atoms with Crippen LogP contribution in [-0.2, 0) is 4.79 Å². The molecule has 1 aliphatic rings. The van der Waals surface area contributed by atoms with Crippen LogP contribution in [0, 0.1) is 0 Å². The number of nitrogens with one attached hydrogen (secondary N) is 1. The summed E-state index contributed by atoms with van der Waals surface area (Å²) in [6, 6.07) is 14.0. The summed E-state index contributed by atoms with van der Waals surface area (Å²) < 4.78 is 5.37. The largest absolute Gasteiger partial charge is 0.494 e. The maximum Gasteiger partial charge on any atom is 0.325 e. The van der Waals surface area contributed by atoms with Crippen LogP contribution in [-0.4, -0.2) is 43.1 Å². The topological polar surface area (TPSA) is 61.9 Å². The zero-order chi connectivity index (χ0) is 18.5. The second-order valence-electron chi connectivity index (χ2n) is 5.84. The van der Waals surface area contributed by atoms with E-state index in [0.717, 1.165) is 11.4 Å². The quantitative estimate of drug-likeness (QED) is 0.841. The molecular formula is C19H20ClN3O3. The fraction of sp³-hybridized carbons (Fsp3) is 0.263. The lowest BCUT2D eigenvalue weighted by Crippen LogP contribution is -2.37. The molecule has 1 N–H and O–H groups in total. The molecule has 1 aliphatic heterocycles. The van der Waals surface area contributed by atoms with Crippen LogP contribution in [0.3, 0.4) is 0 Å². The Morgan fingerprint density at radius 2 is 1.96 bits per heavy atom. The van der Waals surface area contributed by atoms with Gasteiger partial charge in [-0.3, -0.25) is 9.69 Å². The minimum atomic E-state index is -0.240. The van der Waals surface area contributed by atoms with E-state index >= 15 is 0 Å². The molecule has 1 heterocycles. The zero-order valence-electron chi connectivity index (χ0n) is 14.4. The summed E-state index contributed by atoms with van der Waals surface area (Å²) in [5, 5.41) is 3.37. The Labute approximate surface area is 157 Å². The molecule has 7 heteroatoms. The number of urea groups is 1. The second kappa shape index (κ2) is 8.10. The average Bonchev–Trinajstić information content (AvgIpc) is 2.97. The molecule has 6 nitrogen and oxygen atoms in total. The van der Waals surface area contributed by atoms with Crippen molar-refractivity contribution >= 4 is 34.9 Å². The van der Waals surface area contributed by atoms with Crippen molar-refractivity contribution < 1.29 is 14.3 Å². The summed E-state index contributed by atoms with van der Waals surface area (Å²) in [5.74, 6) is 0.507. The minimum Gasteiger partial charge on any atom is -0.494 e. The van der Waals surface area contributed by atoms with Gasteiger partial charge in [0.25, 0.3) is 0 Å². The van der Waals surface area contributed by atoms with Crippen LogP contribution in [0.15, 0.2) is 48.5 Å². The molecular weight excluding hydrogens is 354 g/mol. The molecule has 0 aliphatic carbocycles. The van der Waals surface area contributed by atoms with Gasteiger partial charge in [0.05, 0.1) is 6.61 Å². The smallest absolute Gasteiger partial charge is 0.325 e. The number of nitrogens with zero attached hydrogens (tertiary/aromatic N) is 2. The number of carbonyl (C=O) groups excluding carboxylic acids is 2. The van der Waals surface area contributed by atoms with Crippen molar-refractivity contribution in [3.63, 3.8) is 0 Å². The van der Waals surface area contributed by atoms with Crippen LogP contribution in [0.4, 0.5) is 16.2 Å². The number of carbonyl (C=O) groups is 2. The highest BCUT2D eigenvalue weighted by Gasteiger charge is 2.30. The van der Waals surface area contributed by atoms with Crippen molar-refractivity contribution in [3.8, 4) is 5.75 Å². The molecule has 0 atom stereocenters. The molecule has 0 spiro atoms. The highest BCUT2D eigenvalue weighted by atomic mass is 35.5. The molecule has 1 fully saturated rings. The lowest BCUT2D eigenvalue weighted by molar-refractivity contribution is -0.116.